The zero-order chi connectivity index (χ0) is 13.2. The van der Waals surface area contributed by atoms with Crippen LogP contribution in [-0.4, -0.2) is 31.6 Å². The molecule has 100 valence electrons. The van der Waals surface area contributed by atoms with E-state index in [-0.39, 0.29) is 11.2 Å². The van der Waals surface area contributed by atoms with Crippen LogP contribution >= 0.6 is 11.6 Å². The lowest BCUT2D eigenvalue weighted by Gasteiger charge is -2.29. The van der Waals surface area contributed by atoms with Crippen LogP contribution in [0.2, 0.25) is 5.02 Å². The predicted molar refractivity (Wildman–Crippen MR) is 73.3 cm³/mol. The molecule has 0 bridgehead atoms. The third kappa shape index (κ3) is 3.22. The van der Waals surface area contributed by atoms with Crippen molar-refractivity contribution in [1.29, 1.82) is 0 Å². The molecule has 1 heterocycles. The van der Waals surface area contributed by atoms with Gasteiger partial charge in [0.05, 0.1) is 0 Å². The summed E-state index contributed by atoms with van der Waals surface area (Å²) in [6.45, 7) is 5.88. The number of nitrogens with zero attached hydrogens (tertiary/aromatic N) is 1. The fraction of sp³-hybridized carbons (Fsp3) is 0.571. The Morgan fingerprint density at radius 1 is 1.50 bits per heavy atom. The second-order valence-corrected chi connectivity index (χ2v) is 6.02. The van der Waals surface area contributed by atoms with Crippen LogP contribution in [0.15, 0.2) is 18.2 Å². The summed E-state index contributed by atoms with van der Waals surface area (Å²) in [5.74, 6) is -0.218. The highest BCUT2D eigenvalue weighted by molar-refractivity contribution is 6.31. The summed E-state index contributed by atoms with van der Waals surface area (Å²) >= 11 is 6.05. The van der Waals surface area contributed by atoms with E-state index in [2.05, 4.69) is 17.1 Å². The molecule has 0 spiro atoms. The first-order valence-electron chi connectivity index (χ1n) is 6.32. The maximum atomic E-state index is 13.7. The molecular formula is C14H20ClFN2. The summed E-state index contributed by atoms with van der Waals surface area (Å²) in [5, 5.41) is 3.89. The van der Waals surface area contributed by atoms with Gasteiger partial charge in [-0.2, -0.15) is 0 Å². The van der Waals surface area contributed by atoms with Gasteiger partial charge in [-0.25, -0.2) is 4.39 Å². The van der Waals surface area contributed by atoms with E-state index in [9.17, 15) is 4.39 Å². The number of halogens is 2. The van der Waals surface area contributed by atoms with Gasteiger partial charge in [0.25, 0.3) is 0 Å². The molecule has 0 aromatic heterocycles. The molecule has 1 aromatic rings. The maximum absolute atomic E-state index is 13.7. The van der Waals surface area contributed by atoms with Gasteiger partial charge in [-0.05, 0) is 37.6 Å². The molecule has 2 nitrogen and oxygen atoms in total. The molecule has 1 aromatic carbocycles. The molecule has 1 fully saturated rings. The summed E-state index contributed by atoms with van der Waals surface area (Å²) < 4.78 is 13.7. The zero-order valence-corrected chi connectivity index (χ0v) is 11.7. The van der Waals surface area contributed by atoms with Crippen molar-refractivity contribution >= 4 is 11.6 Å². The van der Waals surface area contributed by atoms with Crippen LogP contribution in [0, 0.1) is 11.2 Å². The number of benzene rings is 1. The highest BCUT2D eigenvalue weighted by Crippen LogP contribution is 2.27. The minimum absolute atomic E-state index is 0.218. The van der Waals surface area contributed by atoms with Crippen molar-refractivity contribution in [3.63, 3.8) is 0 Å². The normalized spacial score (nSPS) is 23.8. The largest absolute Gasteiger partial charge is 0.316 e. The van der Waals surface area contributed by atoms with Gasteiger partial charge in [-0.1, -0.05) is 24.6 Å². The summed E-state index contributed by atoms with van der Waals surface area (Å²) in [4.78, 5) is 2.15. The smallest absolute Gasteiger partial charge is 0.129 e. The first-order valence-corrected chi connectivity index (χ1v) is 6.70. The van der Waals surface area contributed by atoms with Crippen LogP contribution in [0.5, 0.6) is 0 Å². The van der Waals surface area contributed by atoms with Gasteiger partial charge >= 0.3 is 0 Å². The fourth-order valence-corrected chi connectivity index (χ4v) is 2.89. The van der Waals surface area contributed by atoms with E-state index in [0.29, 0.717) is 17.1 Å². The molecule has 1 unspecified atom stereocenters. The highest BCUT2D eigenvalue weighted by atomic mass is 35.5. The average molecular weight is 271 g/mol. The molecule has 1 aliphatic heterocycles. The van der Waals surface area contributed by atoms with E-state index < -0.39 is 0 Å². The van der Waals surface area contributed by atoms with Crippen LogP contribution in [0.25, 0.3) is 0 Å². The van der Waals surface area contributed by atoms with Gasteiger partial charge in [0.15, 0.2) is 0 Å². The summed E-state index contributed by atoms with van der Waals surface area (Å²) in [6.07, 6.45) is 1.17. The summed E-state index contributed by atoms with van der Waals surface area (Å²) in [5.41, 5.74) is 0.878. The SMILES string of the molecule is CN(Cc1c(F)cccc1Cl)CC1(C)CCNC1. The minimum atomic E-state index is -0.218. The lowest BCUT2D eigenvalue weighted by molar-refractivity contribution is 0.202. The van der Waals surface area contributed by atoms with E-state index >= 15 is 0 Å². The number of rotatable bonds is 4. The molecule has 1 aliphatic rings. The molecule has 0 saturated carbocycles. The summed E-state index contributed by atoms with van der Waals surface area (Å²) in [7, 11) is 2.02. The van der Waals surface area contributed by atoms with Crippen LogP contribution in [0.1, 0.15) is 18.9 Å². The monoisotopic (exact) mass is 270 g/mol. The van der Waals surface area contributed by atoms with Crippen molar-refractivity contribution in [2.24, 2.45) is 5.41 Å². The van der Waals surface area contributed by atoms with Crippen molar-refractivity contribution in [3.05, 3.63) is 34.6 Å². The Kier molecular flexibility index (Phi) is 4.25. The molecule has 1 atom stereocenters. The second kappa shape index (κ2) is 5.55. The Balaban J connectivity index is 2.00. The van der Waals surface area contributed by atoms with Gasteiger partial charge in [0, 0.05) is 30.2 Å². The highest BCUT2D eigenvalue weighted by Gasteiger charge is 2.29. The molecule has 1 N–H and O–H groups in total. The average Bonchev–Trinajstić information content (AvgIpc) is 2.70. The lowest BCUT2D eigenvalue weighted by Crippen LogP contribution is -2.35. The zero-order valence-electron chi connectivity index (χ0n) is 11.0. The topological polar surface area (TPSA) is 15.3 Å². The number of hydrogen-bond acceptors (Lipinski definition) is 2. The van der Waals surface area contributed by atoms with E-state index in [1.165, 1.54) is 12.5 Å². The van der Waals surface area contributed by atoms with Crippen LogP contribution in [0.3, 0.4) is 0 Å². The van der Waals surface area contributed by atoms with Gasteiger partial charge < -0.3 is 10.2 Å². The maximum Gasteiger partial charge on any atom is 0.129 e. The van der Waals surface area contributed by atoms with Crippen molar-refractivity contribution in [2.45, 2.75) is 19.9 Å². The molecule has 0 radical (unpaired) electrons. The minimum Gasteiger partial charge on any atom is -0.316 e. The van der Waals surface area contributed by atoms with Crippen molar-refractivity contribution in [2.75, 3.05) is 26.7 Å². The fourth-order valence-electron chi connectivity index (χ4n) is 2.66. The predicted octanol–water partition coefficient (Wildman–Crippen LogP) is 2.91. The van der Waals surface area contributed by atoms with E-state index in [0.717, 1.165) is 19.6 Å². The Labute approximate surface area is 113 Å². The first-order chi connectivity index (χ1) is 8.50. The van der Waals surface area contributed by atoms with Gasteiger partial charge in [-0.15, -0.1) is 0 Å². The Bertz CT molecular complexity index is 396. The quantitative estimate of drug-likeness (QED) is 0.905. The van der Waals surface area contributed by atoms with Crippen molar-refractivity contribution in [1.82, 2.24) is 10.2 Å². The van der Waals surface area contributed by atoms with Gasteiger partial charge in [-0.3, -0.25) is 0 Å². The van der Waals surface area contributed by atoms with E-state index in [1.807, 2.05) is 7.05 Å². The van der Waals surface area contributed by atoms with Crippen molar-refractivity contribution in [3.8, 4) is 0 Å². The summed E-state index contributed by atoms with van der Waals surface area (Å²) in [6, 6.07) is 4.85. The van der Waals surface area contributed by atoms with Gasteiger partial charge in [0.1, 0.15) is 5.82 Å². The van der Waals surface area contributed by atoms with Crippen LogP contribution in [0.4, 0.5) is 4.39 Å². The van der Waals surface area contributed by atoms with Crippen LogP contribution in [-0.2, 0) is 6.54 Å². The standard InChI is InChI=1S/C14H20ClFN2/c1-14(6-7-17-9-14)10-18(2)8-11-12(15)4-3-5-13(11)16/h3-5,17H,6-10H2,1-2H3. The third-order valence-corrected chi connectivity index (χ3v) is 3.95. The molecular weight excluding hydrogens is 251 g/mol. The van der Waals surface area contributed by atoms with Gasteiger partial charge in [0.2, 0.25) is 0 Å². The second-order valence-electron chi connectivity index (χ2n) is 5.61. The molecule has 0 aliphatic carbocycles. The third-order valence-electron chi connectivity index (χ3n) is 3.60. The lowest BCUT2D eigenvalue weighted by atomic mass is 9.89. The van der Waals surface area contributed by atoms with Crippen molar-refractivity contribution < 1.29 is 4.39 Å². The van der Waals surface area contributed by atoms with Crippen LogP contribution < -0.4 is 5.32 Å². The van der Waals surface area contributed by atoms with E-state index in [4.69, 9.17) is 11.6 Å². The molecule has 18 heavy (non-hydrogen) atoms. The first kappa shape index (κ1) is 13.8. The molecule has 0 amide bonds. The number of nitrogens with one attached hydrogen (secondary N) is 1. The molecule has 2 rings (SSSR count). The number of hydrogen-bond donors (Lipinski definition) is 1. The Hall–Kier alpha value is -0.640. The molecule has 1 saturated heterocycles. The molecule has 4 heteroatoms. The Morgan fingerprint density at radius 3 is 2.89 bits per heavy atom. The Morgan fingerprint density at radius 2 is 2.28 bits per heavy atom. The van der Waals surface area contributed by atoms with E-state index in [1.54, 1.807) is 12.1 Å².